The highest BCUT2D eigenvalue weighted by Gasteiger charge is 2.13. The van der Waals surface area contributed by atoms with Crippen molar-refractivity contribution in [2.75, 3.05) is 25.0 Å². The maximum atomic E-state index is 4.78. The van der Waals surface area contributed by atoms with E-state index in [1.807, 2.05) is 6.20 Å². The van der Waals surface area contributed by atoms with Crippen LogP contribution in [-0.2, 0) is 6.54 Å². The number of rotatable bonds is 8. The van der Waals surface area contributed by atoms with E-state index in [2.05, 4.69) is 63.8 Å². The van der Waals surface area contributed by atoms with Gasteiger partial charge < -0.3 is 10.2 Å². The molecule has 0 fully saturated rings. The number of aromatic nitrogens is 2. The van der Waals surface area contributed by atoms with E-state index in [0.717, 1.165) is 36.8 Å². The van der Waals surface area contributed by atoms with E-state index in [1.165, 1.54) is 0 Å². The Hall–Kier alpha value is -1.16. The lowest BCUT2D eigenvalue weighted by molar-refractivity contribution is 0.544. The second-order valence-electron chi connectivity index (χ2n) is 7.01. The number of hydrogen-bond donors (Lipinski definition) is 1. The zero-order valence-corrected chi connectivity index (χ0v) is 14.8. The van der Waals surface area contributed by atoms with Gasteiger partial charge in [-0.2, -0.15) is 0 Å². The minimum Gasteiger partial charge on any atom is -0.372 e. The molecule has 1 aromatic rings. The van der Waals surface area contributed by atoms with Crippen LogP contribution in [-0.4, -0.2) is 30.1 Å². The molecule has 0 radical (unpaired) electrons. The fourth-order valence-electron chi connectivity index (χ4n) is 2.28. The van der Waals surface area contributed by atoms with Crippen LogP contribution in [0.1, 0.15) is 59.0 Å². The van der Waals surface area contributed by atoms with Gasteiger partial charge in [0.05, 0.1) is 17.6 Å². The first-order valence-electron chi connectivity index (χ1n) is 8.08. The van der Waals surface area contributed by atoms with Gasteiger partial charge in [0.25, 0.3) is 0 Å². The molecular formula is C17H32N4. The van der Waals surface area contributed by atoms with E-state index in [1.54, 1.807) is 0 Å². The van der Waals surface area contributed by atoms with Gasteiger partial charge in [-0.05, 0) is 18.4 Å². The molecule has 0 amide bonds. The maximum absolute atomic E-state index is 4.78. The molecule has 1 aromatic heterocycles. The van der Waals surface area contributed by atoms with Crippen LogP contribution in [0.3, 0.4) is 0 Å². The van der Waals surface area contributed by atoms with Crippen LogP contribution in [0, 0.1) is 11.8 Å². The quantitative estimate of drug-likeness (QED) is 0.797. The Morgan fingerprint density at radius 1 is 1.10 bits per heavy atom. The predicted molar refractivity (Wildman–Crippen MR) is 90.8 cm³/mol. The number of nitrogens with one attached hydrogen (secondary N) is 1. The standard InChI is InChI=1S/C17H32N4/c1-12(2)8-18-9-15-16(21(7)11-13(3)4)10-19-17(20-15)14(5)6/h10,12-14,18H,8-9,11H2,1-7H3. The molecule has 0 aliphatic carbocycles. The van der Waals surface area contributed by atoms with Crippen molar-refractivity contribution in [1.82, 2.24) is 15.3 Å². The normalized spacial score (nSPS) is 11.7. The van der Waals surface area contributed by atoms with Crippen molar-refractivity contribution in [3.8, 4) is 0 Å². The molecule has 1 heterocycles. The molecule has 0 unspecified atom stereocenters. The molecular weight excluding hydrogens is 260 g/mol. The molecule has 0 atom stereocenters. The first-order valence-corrected chi connectivity index (χ1v) is 8.08. The molecule has 4 heteroatoms. The number of anilines is 1. The van der Waals surface area contributed by atoms with Gasteiger partial charge in [0.2, 0.25) is 0 Å². The van der Waals surface area contributed by atoms with Crippen molar-refractivity contribution in [2.24, 2.45) is 11.8 Å². The highest BCUT2D eigenvalue weighted by atomic mass is 15.1. The van der Waals surface area contributed by atoms with Crippen LogP contribution >= 0.6 is 0 Å². The predicted octanol–water partition coefficient (Wildman–Crippen LogP) is 3.44. The molecule has 21 heavy (non-hydrogen) atoms. The van der Waals surface area contributed by atoms with E-state index < -0.39 is 0 Å². The Morgan fingerprint density at radius 2 is 1.76 bits per heavy atom. The Bertz CT molecular complexity index is 427. The third-order valence-corrected chi connectivity index (χ3v) is 3.28. The van der Waals surface area contributed by atoms with Crippen molar-refractivity contribution in [3.63, 3.8) is 0 Å². The average molecular weight is 292 g/mol. The van der Waals surface area contributed by atoms with Crippen LogP contribution in [0.2, 0.25) is 0 Å². The summed E-state index contributed by atoms with van der Waals surface area (Å²) in [4.78, 5) is 11.6. The first-order chi connectivity index (χ1) is 9.81. The third-order valence-electron chi connectivity index (χ3n) is 3.28. The van der Waals surface area contributed by atoms with Gasteiger partial charge >= 0.3 is 0 Å². The van der Waals surface area contributed by atoms with Crippen molar-refractivity contribution < 1.29 is 0 Å². The van der Waals surface area contributed by atoms with Crippen LogP contribution in [0.25, 0.3) is 0 Å². The minimum absolute atomic E-state index is 0.360. The molecule has 120 valence electrons. The lowest BCUT2D eigenvalue weighted by Gasteiger charge is -2.24. The Morgan fingerprint density at radius 3 is 2.29 bits per heavy atom. The Balaban J connectivity index is 2.93. The molecule has 0 aromatic carbocycles. The smallest absolute Gasteiger partial charge is 0.131 e. The summed E-state index contributed by atoms with van der Waals surface area (Å²) in [6.45, 7) is 16.0. The molecule has 1 N–H and O–H groups in total. The third kappa shape index (κ3) is 6.00. The number of hydrogen-bond acceptors (Lipinski definition) is 4. The van der Waals surface area contributed by atoms with E-state index in [4.69, 9.17) is 4.98 Å². The average Bonchev–Trinajstić information content (AvgIpc) is 2.37. The zero-order valence-electron chi connectivity index (χ0n) is 14.8. The first kappa shape index (κ1) is 17.9. The SMILES string of the molecule is CC(C)CNCc1nc(C(C)C)ncc1N(C)CC(C)C. The van der Waals surface area contributed by atoms with Crippen molar-refractivity contribution >= 4 is 5.69 Å². The van der Waals surface area contributed by atoms with Crippen molar-refractivity contribution in [3.05, 3.63) is 17.7 Å². The second kappa shape index (κ2) is 8.32. The topological polar surface area (TPSA) is 41.1 Å². The molecule has 1 rings (SSSR count). The maximum Gasteiger partial charge on any atom is 0.131 e. The molecule has 0 saturated heterocycles. The van der Waals surface area contributed by atoms with E-state index in [0.29, 0.717) is 17.8 Å². The van der Waals surface area contributed by atoms with Crippen LogP contribution < -0.4 is 10.2 Å². The van der Waals surface area contributed by atoms with Gasteiger partial charge in [-0.15, -0.1) is 0 Å². The second-order valence-corrected chi connectivity index (χ2v) is 7.01. The lowest BCUT2D eigenvalue weighted by Crippen LogP contribution is -2.27. The van der Waals surface area contributed by atoms with E-state index in [9.17, 15) is 0 Å². The Kier molecular flexibility index (Phi) is 7.09. The summed E-state index contributed by atoms with van der Waals surface area (Å²) in [6.07, 6.45) is 1.98. The molecule has 0 spiro atoms. The summed E-state index contributed by atoms with van der Waals surface area (Å²) < 4.78 is 0. The molecule has 0 aliphatic rings. The van der Waals surface area contributed by atoms with Crippen molar-refractivity contribution in [1.29, 1.82) is 0 Å². The van der Waals surface area contributed by atoms with Gasteiger partial charge in [-0.25, -0.2) is 9.97 Å². The molecule has 0 aliphatic heterocycles. The summed E-state index contributed by atoms with van der Waals surface area (Å²) in [5.74, 6) is 2.56. The van der Waals surface area contributed by atoms with E-state index >= 15 is 0 Å². The Labute approximate surface area is 130 Å². The molecule has 0 bridgehead atoms. The molecule has 4 nitrogen and oxygen atoms in total. The largest absolute Gasteiger partial charge is 0.372 e. The van der Waals surface area contributed by atoms with Crippen LogP contribution in [0.5, 0.6) is 0 Å². The summed E-state index contributed by atoms with van der Waals surface area (Å²) in [7, 11) is 2.12. The summed E-state index contributed by atoms with van der Waals surface area (Å²) in [5.41, 5.74) is 2.25. The van der Waals surface area contributed by atoms with E-state index in [-0.39, 0.29) is 0 Å². The highest BCUT2D eigenvalue weighted by molar-refractivity contribution is 5.48. The lowest BCUT2D eigenvalue weighted by atomic mass is 10.1. The van der Waals surface area contributed by atoms with Gasteiger partial charge in [-0.3, -0.25) is 0 Å². The summed E-state index contributed by atoms with van der Waals surface area (Å²) in [6, 6.07) is 0. The van der Waals surface area contributed by atoms with Gasteiger partial charge in [-0.1, -0.05) is 41.5 Å². The minimum atomic E-state index is 0.360. The summed E-state index contributed by atoms with van der Waals surface area (Å²) >= 11 is 0. The molecule has 0 saturated carbocycles. The number of nitrogens with zero attached hydrogens (tertiary/aromatic N) is 3. The zero-order chi connectivity index (χ0) is 16.0. The fraction of sp³-hybridized carbons (Fsp3) is 0.765. The summed E-state index contributed by atoms with van der Waals surface area (Å²) in [5, 5.41) is 3.50. The van der Waals surface area contributed by atoms with Gasteiger partial charge in [0.1, 0.15) is 5.82 Å². The van der Waals surface area contributed by atoms with Crippen LogP contribution in [0.15, 0.2) is 6.20 Å². The van der Waals surface area contributed by atoms with Crippen molar-refractivity contribution in [2.45, 2.75) is 54.0 Å². The van der Waals surface area contributed by atoms with Gasteiger partial charge in [0.15, 0.2) is 0 Å². The fourth-order valence-corrected chi connectivity index (χ4v) is 2.28. The highest BCUT2D eigenvalue weighted by Crippen LogP contribution is 2.20. The van der Waals surface area contributed by atoms with Crippen LogP contribution in [0.4, 0.5) is 5.69 Å². The monoisotopic (exact) mass is 292 g/mol. The van der Waals surface area contributed by atoms with Gasteiger partial charge in [0, 0.05) is 26.1 Å².